The van der Waals surface area contributed by atoms with Crippen LogP contribution in [0.5, 0.6) is 0 Å². The number of nitrogens with one attached hydrogen (secondary N) is 2. The van der Waals surface area contributed by atoms with Gasteiger partial charge in [0.15, 0.2) is 5.78 Å². The Morgan fingerprint density at radius 3 is 3.00 bits per heavy atom. The van der Waals surface area contributed by atoms with E-state index in [-0.39, 0.29) is 11.7 Å². The van der Waals surface area contributed by atoms with Crippen LogP contribution >= 0.6 is 0 Å². The van der Waals surface area contributed by atoms with Gasteiger partial charge >= 0.3 is 0 Å². The first-order valence-corrected chi connectivity index (χ1v) is 5.81. The Balaban J connectivity index is 2.16. The molecule has 0 spiro atoms. The van der Waals surface area contributed by atoms with Crippen LogP contribution in [0, 0.1) is 0 Å². The third-order valence-corrected chi connectivity index (χ3v) is 2.92. The molecule has 0 radical (unpaired) electrons. The number of hydrogen-bond acceptors (Lipinski definition) is 3. The van der Waals surface area contributed by atoms with Crippen molar-refractivity contribution >= 4 is 17.4 Å². The lowest BCUT2D eigenvalue weighted by Gasteiger charge is -2.17. The molecule has 1 aromatic rings. The molecule has 0 saturated carbocycles. The first kappa shape index (κ1) is 11.8. The van der Waals surface area contributed by atoms with Crippen molar-refractivity contribution in [1.29, 1.82) is 0 Å². The van der Waals surface area contributed by atoms with Gasteiger partial charge in [0.25, 0.3) is 0 Å². The number of carbonyl (C=O) groups is 2. The van der Waals surface area contributed by atoms with Crippen molar-refractivity contribution in [3.63, 3.8) is 0 Å². The molecule has 0 fully saturated rings. The van der Waals surface area contributed by atoms with Gasteiger partial charge in [0.2, 0.25) is 5.91 Å². The van der Waals surface area contributed by atoms with Gasteiger partial charge in [-0.15, -0.1) is 0 Å². The van der Waals surface area contributed by atoms with E-state index in [0.29, 0.717) is 25.8 Å². The Labute approximate surface area is 100 Å². The predicted molar refractivity (Wildman–Crippen MR) is 66.3 cm³/mol. The van der Waals surface area contributed by atoms with Crippen LogP contribution < -0.4 is 10.6 Å². The van der Waals surface area contributed by atoms with E-state index in [0.717, 1.165) is 16.8 Å². The largest absolute Gasteiger partial charge is 0.326 e. The molecule has 1 aliphatic rings. The quantitative estimate of drug-likeness (QED) is 0.771. The van der Waals surface area contributed by atoms with E-state index in [9.17, 15) is 9.59 Å². The van der Waals surface area contributed by atoms with E-state index >= 15 is 0 Å². The van der Waals surface area contributed by atoms with Crippen LogP contribution in [0.1, 0.15) is 28.8 Å². The minimum atomic E-state index is 0.0479. The van der Waals surface area contributed by atoms with Crippen LogP contribution in [-0.2, 0) is 11.2 Å². The molecule has 0 aliphatic carbocycles. The number of amides is 1. The van der Waals surface area contributed by atoms with E-state index in [1.807, 2.05) is 19.2 Å². The fourth-order valence-corrected chi connectivity index (χ4v) is 1.94. The summed E-state index contributed by atoms with van der Waals surface area (Å²) in [6.45, 7) is 0.687. The van der Waals surface area contributed by atoms with Crippen molar-refractivity contribution in [3.05, 3.63) is 29.3 Å². The van der Waals surface area contributed by atoms with E-state index in [4.69, 9.17) is 0 Å². The summed E-state index contributed by atoms with van der Waals surface area (Å²) in [4.78, 5) is 23.0. The molecule has 4 nitrogen and oxygen atoms in total. The number of rotatable bonds is 4. The highest BCUT2D eigenvalue weighted by Gasteiger charge is 2.16. The van der Waals surface area contributed by atoms with Crippen molar-refractivity contribution in [2.24, 2.45) is 0 Å². The summed E-state index contributed by atoms with van der Waals surface area (Å²) in [7, 11) is 1.83. The van der Waals surface area contributed by atoms with E-state index in [1.165, 1.54) is 0 Å². The van der Waals surface area contributed by atoms with Gasteiger partial charge in [0.05, 0.1) is 0 Å². The van der Waals surface area contributed by atoms with Crippen molar-refractivity contribution in [2.45, 2.75) is 19.3 Å². The second-order valence-corrected chi connectivity index (χ2v) is 4.20. The third kappa shape index (κ3) is 2.71. The molecule has 17 heavy (non-hydrogen) atoms. The molecular weight excluding hydrogens is 216 g/mol. The monoisotopic (exact) mass is 232 g/mol. The highest BCUT2D eigenvalue weighted by molar-refractivity contribution is 5.99. The Morgan fingerprint density at radius 2 is 2.24 bits per heavy atom. The molecular formula is C13H16N2O2. The molecule has 4 heteroatoms. The van der Waals surface area contributed by atoms with Crippen LogP contribution in [-0.4, -0.2) is 25.3 Å². The van der Waals surface area contributed by atoms with Gasteiger partial charge in [-0.2, -0.15) is 0 Å². The first-order valence-electron chi connectivity index (χ1n) is 5.81. The maximum Gasteiger partial charge on any atom is 0.224 e. The summed E-state index contributed by atoms with van der Waals surface area (Å²) in [6, 6.07) is 5.49. The van der Waals surface area contributed by atoms with Crippen LogP contribution in [0.4, 0.5) is 5.69 Å². The molecule has 0 unspecified atom stereocenters. The summed E-state index contributed by atoms with van der Waals surface area (Å²) >= 11 is 0. The number of benzene rings is 1. The van der Waals surface area contributed by atoms with Gasteiger partial charge in [-0.25, -0.2) is 0 Å². The number of aryl methyl sites for hydroxylation is 1. The Hall–Kier alpha value is -1.68. The van der Waals surface area contributed by atoms with E-state index in [1.54, 1.807) is 6.07 Å². The Bertz CT molecular complexity index is 455. The first-order chi connectivity index (χ1) is 8.20. The molecule has 2 rings (SSSR count). The fourth-order valence-electron chi connectivity index (χ4n) is 1.94. The van der Waals surface area contributed by atoms with Gasteiger partial charge in [-0.05, 0) is 37.2 Å². The molecule has 0 bridgehead atoms. The molecule has 1 aliphatic heterocycles. The Kier molecular flexibility index (Phi) is 3.54. The number of hydrogen-bond donors (Lipinski definition) is 2. The van der Waals surface area contributed by atoms with Gasteiger partial charge < -0.3 is 10.6 Å². The average molecular weight is 232 g/mol. The van der Waals surface area contributed by atoms with Crippen LogP contribution in [0.3, 0.4) is 0 Å². The molecule has 1 amide bonds. The molecule has 1 heterocycles. The van der Waals surface area contributed by atoms with Crippen molar-refractivity contribution < 1.29 is 9.59 Å². The summed E-state index contributed by atoms with van der Waals surface area (Å²) < 4.78 is 0. The van der Waals surface area contributed by atoms with Gasteiger partial charge in [-0.3, -0.25) is 9.59 Å². The van der Waals surface area contributed by atoms with Crippen LogP contribution in [0.25, 0.3) is 0 Å². The minimum absolute atomic E-state index is 0.0479. The fraction of sp³-hybridized carbons (Fsp3) is 0.385. The minimum Gasteiger partial charge on any atom is -0.326 e. The maximum absolute atomic E-state index is 11.8. The van der Waals surface area contributed by atoms with Gasteiger partial charge in [0.1, 0.15) is 0 Å². The van der Waals surface area contributed by atoms with E-state index in [2.05, 4.69) is 10.6 Å². The van der Waals surface area contributed by atoms with Gasteiger partial charge in [0, 0.05) is 30.6 Å². The normalized spacial score (nSPS) is 14.1. The highest BCUT2D eigenvalue weighted by atomic mass is 16.1. The number of carbonyl (C=O) groups excluding carboxylic acids is 2. The van der Waals surface area contributed by atoms with Crippen molar-refractivity contribution in [3.8, 4) is 0 Å². The second kappa shape index (κ2) is 5.10. The molecule has 0 saturated heterocycles. The van der Waals surface area contributed by atoms with E-state index < -0.39 is 0 Å². The Morgan fingerprint density at radius 1 is 1.41 bits per heavy atom. The molecule has 1 aromatic carbocycles. The maximum atomic E-state index is 11.8. The summed E-state index contributed by atoms with van der Waals surface area (Å²) in [5.74, 6) is 0.186. The highest BCUT2D eigenvalue weighted by Crippen LogP contribution is 2.23. The smallest absolute Gasteiger partial charge is 0.224 e. The summed E-state index contributed by atoms with van der Waals surface area (Å²) in [6.07, 6.45) is 1.72. The lowest BCUT2D eigenvalue weighted by Crippen LogP contribution is -2.19. The molecule has 90 valence electrons. The standard InChI is InChI=1S/C13H16N2O2/c1-14-7-6-12(16)10-2-4-11-9(8-10)3-5-13(17)15-11/h2,4,8,14H,3,5-7H2,1H3,(H,15,17). The zero-order chi connectivity index (χ0) is 12.3. The number of Topliss-reactive ketones (excluding diaryl/α,β-unsaturated/α-hetero) is 1. The zero-order valence-electron chi connectivity index (χ0n) is 9.88. The number of fused-ring (bicyclic) bond motifs is 1. The lowest BCUT2D eigenvalue weighted by atomic mass is 9.98. The lowest BCUT2D eigenvalue weighted by molar-refractivity contribution is -0.116. The van der Waals surface area contributed by atoms with Crippen molar-refractivity contribution in [1.82, 2.24) is 5.32 Å². The van der Waals surface area contributed by atoms with Crippen LogP contribution in [0.2, 0.25) is 0 Å². The SMILES string of the molecule is CNCCC(=O)c1ccc2c(c1)CCC(=O)N2. The molecule has 0 atom stereocenters. The summed E-state index contributed by atoms with van der Waals surface area (Å²) in [5, 5.41) is 5.77. The number of anilines is 1. The average Bonchev–Trinajstić information content (AvgIpc) is 2.35. The van der Waals surface area contributed by atoms with Crippen molar-refractivity contribution in [2.75, 3.05) is 18.9 Å². The number of ketones is 1. The topological polar surface area (TPSA) is 58.2 Å². The summed E-state index contributed by atoms with van der Waals surface area (Å²) in [5.41, 5.74) is 2.63. The van der Waals surface area contributed by atoms with Crippen LogP contribution in [0.15, 0.2) is 18.2 Å². The third-order valence-electron chi connectivity index (χ3n) is 2.92. The molecule has 2 N–H and O–H groups in total. The second-order valence-electron chi connectivity index (χ2n) is 4.20. The zero-order valence-corrected chi connectivity index (χ0v) is 9.88. The molecule has 0 aromatic heterocycles. The predicted octanol–water partition coefficient (Wildman–Crippen LogP) is 1.36. The van der Waals surface area contributed by atoms with Gasteiger partial charge in [-0.1, -0.05) is 0 Å².